The van der Waals surface area contributed by atoms with Gasteiger partial charge in [0.05, 0.1) is 12.2 Å². The van der Waals surface area contributed by atoms with E-state index in [0.29, 0.717) is 12.0 Å². The third-order valence-corrected chi connectivity index (χ3v) is 5.62. The molecule has 5 nitrogen and oxygen atoms in total. The highest BCUT2D eigenvalue weighted by molar-refractivity contribution is 14.0. The van der Waals surface area contributed by atoms with Gasteiger partial charge in [-0.15, -0.1) is 24.0 Å². The van der Waals surface area contributed by atoms with Gasteiger partial charge in [-0.3, -0.25) is 4.98 Å². The van der Waals surface area contributed by atoms with Gasteiger partial charge in [-0.25, -0.2) is 4.99 Å². The number of fused-ring (bicyclic) bond motifs is 1. The van der Waals surface area contributed by atoms with Crippen molar-refractivity contribution in [2.75, 3.05) is 26.8 Å². The Morgan fingerprint density at radius 1 is 1.18 bits per heavy atom. The molecule has 0 aliphatic heterocycles. The first kappa shape index (κ1) is 22.9. The number of ether oxygens (including phenoxy) is 1. The van der Waals surface area contributed by atoms with Crippen molar-refractivity contribution in [1.82, 2.24) is 15.6 Å². The quantitative estimate of drug-likeness (QED) is 0.321. The number of nitrogens with one attached hydrogen (secondary N) is 2. The highest BCUT2D eigenvalue weighted by Crippen LogP contribution is 2.40. The second-order valence-corrected chi connectivity index (χ2v) is 7.48. The van der Waals surface area contributed by atoms with E-state index in [9.17, 15) is 0 Å². The van der Waals surface area contributed by atoms with E-state index in [2.05, 4.69) is 46.8 Å². The number of hydrogen-bond acceptors (Lipinski definition) is 3. The van der Waals surface area contributed by atoms with Crippen LogP contribution < -0.4 is 10.6 Å². The van der Waals surface area contributed by atoms with Crippen LogP contribution in [0.15, 0.2) is 41.5 Å². The number of halogens is 1. The molecule has 1 aromatic heterocycles. The molecule has 0 saturated heterocycles. The predicted octanol–water partition coefficient (Wildman–Crippen LogP) is 4.50. The number of rotatable bonds is 8. The third kappa shape index (κ3) is 6.04. The van der Waals surface area contributed by atoms with Crippen LogP contribution in [0.5, 0.6) is 0 Å². The van der Waals surface area contributed by atoms with Crippen LogP contribution in [0.2, 0.25) is 0 Å². The number of hydrogen-bond donors (Lipinski definition) is 2. The second kappa shape index (κ2) is 11.6. The van der Waals surface area contributed by atoms with Gasteiger partial charge in [0.2, 0.25) is 0 Å². The Bertz CT molecular complexity index is 754. The summed E-state index contributed by atoms with van der Waals surface area (Å²) in [5, 5.41) is 9.35. The molecule has 2 aromatic rings. The molecule has 0 unspecified atom stereocenters. The van der Waals surface area contributed by atoms with Crippen molar-refractivity contribution in [2.45, 2.75) is 45.6 Å². The number of aromatic nitrogens is 1. The molecule has 1 aliphatic rings. The van der Waals surface area contributed by atoms with E-state index in [0.717, 1.165) is 37.8 Å². The summed E-state index contributed by atoms with van der Waals surface area (Å²) in [5.74, 6) is 0.871. The van der Waals surface area contributed by atoms with Crippen LogP contribution in [0.4, 0.5) is 0 Å². The fourth-order valence-electron chi connectivity index (χ4n) is 4.03. The topological polar surface area (TPSA) is 58.5 Å². The van der Waals surface area contributed by atoms with Crippen molar-refractivity contribution >= 4 is 40.7 Å². The Balaban J connectivity index is 0.00000280. The molecule has 0 radical (unpaired) electrons. The number of methoxy groups -OCH3 is 1. The Kier molecular flexibility index (Phi) is 9.44. The third-order valence-electron chi connectivity index (χ3n) is 5.62. The Hall–Kier alpha value is -1.41. The van der Waals surface area contributed by atoms with Gasteiger partial charge in [0.25, 0.3) is 0 Å². The van der Waals surface area contributed by atoms with Crippen molar-refractivity contribution in [1.29, 1.82) is 0 Å². The summed E-state index contributed by atoms with van der Waals surface area (Å²) in [6, 6.07) is 10.4. The summed E-state index contributed by atoms with van der Waals surface area (Å²) >= 11 is 0. The van der Waals surface area contributed by atoms with Crippen LogP contribution in [0.25, 0.3) is 10.8 Å². The summed E-state index contributed by atoms with van der Waals surface area (Å²) in [6.07, 6.45) is 8.16. The molecule has 1 saturated carbocycles. The van der Waals surface area contributed by atoms with Gasteiger partial charge >= 0.3 is 0 Å². The van der Waals surface area contributed by atoms with Crippen LogP contribution in [0.1, 0.15) is 44.7 Å². The standard InChI is InChI=1S/C22H32N4O.HI/c1-3-23-21(26-17-22(13-15-27-2)11-6-7-12-22)25-16-20-19-9-5-4-8-18(19)10-14-24-20;/h4-5,8-10,14H,3,6-7,11-13,15-17H2,1-2H3,(H2,23,25,26);1H. The zero-order valence-electron chi connectivity index (χ0n) is 17.0. The van der Waals surface area contributed by atoms with Gasteiger partial charge in [0, 0.05) is 38.4 Å². The first-order chi connectivity index (χ1) is 13.3. The van der Waals surface area contributed by atoms with Gasteiger partial charge in [-0.05, 0) is 43.1 Å². The molecule has 0 spiro atoms. The maximum Gasteiger partial charge on any atom is 0.191 e. The summed E-state index contributed by atoms with van der Waals surface area (Å²) in [4.78, 5) is 9.36. The zero-order valence-corrected chi connectivity index (χ0v) is 19.4. The maximum absolute atomic E-state index is 5.35. The van der Waals surface area contributed by atoms with Gasteiger partial charge in [-0.2, -0.15) is 0 Å². The van der Waals surface area contributed by atoms with Crippen LogP contribution in [0.3, 0.4) is 0 Å². The Morgan fingerprint density at radius 3 is 2.71 bits per heavy atom. The number of guanidine groups is 1. The molecule has 0 atom stereocenters. The lowest BCUT2D eigenvalue weighted by Crippen LogP contribution is -2.43. The molecular weight excluding hydrogens is 463 g/mol. The van der Waals surface area contributed by atoms with Crippen LogP contribution in [-0.2, 0) is 11.3 Å². The monoisotopic (exact) mass is 496 g/mol. The van der Waals surface area contributed by atoms with Crippen LogP contribution in [0, 0.1) is 5.41 Å². The minimum Gasteiger partial charge on any atom is -0.385 e. The number of benzene rings is 1. The SMILES string of the molecule is CCNC(=NCc1nccc2ccccc12)NCC1(CCOC)CCCC1.I. The molecular formula is C22H33IN4O. The van der Waals surface area contributed by atoms with E-state index in [-0.39, 0.29) is 24.0 Å². The van der Waals surface area contributed by atoms with Gasteiger partial charge < -0.3 is 15.4 Å². The average Bonchev–Trinajstić information content (AvgIpc) is 3.18. The molecule has 1 heterocycles. The highest BCUT2D eigenvalue weighted by Gasteiger charge is 2.33. The second-order valence-electron chi connectivity index (χ2n) is 7.48. The summed E-state index contributed by atoms with van der Waals surface area (Å²) in [5.41, 5.74) is 1.35. The van der Waals surface area contributed by atoms with Gasteiger partial charge in [0.15, 0.2) is 5.96 Å². The molecule has 2 N–H and O–H groups in total. The normalized spacial score (nSPS) is 16.0. The predicted molar refractivity (Wildman–Crippen MR) is 127 cm³/mol. The summed E-state index contributed by atoms with van der Waals surface area (Å²) in [6.45, 7) is 5.30. The number of nitrogens with zero attached hydrogens (tertiary/aromatic N) is 2. The smallest absolute Gasteiger partial charge is 0.191 e. The molecule has 0 amide bonds. The maximum atomic E-state index is 5.35. The summed E-state index contributed by atoms with van der Waals surface area (Å²) < 4.78 is 5.35. The minimum atomic E-state index is 0. The zero-order chi connectivity index (χ0) is 19.0. The average molecular weight is 496 g/mol. The lowest BCUT2D eigenvalue weighted by molar-refractivity contribution is 0.138. The molecule has 28 heavy (non-hydrogen) atoms. The van der Waals surface area contributed by atoms with E-state index in [1.165, 1.54) is 36.5 Å². The van der Waals surface area contributed by atoms with Crippen molar-refractivity contribution in [3.8, 4) is 0 Å². The first-order valence-electron chi connectivity index (χ1n) is 10.1. The minimum absolute atomic E-state index is 0. The molecule has 1 aliphatic carbocycles. The molecule has 6 heteroatoms. The fourth-order valence-corrected chi connectivity index (χ4v) is 4.03. The Morgan fingerprint density at radius 2 is 1.96 bits per heavy atom. The van der Waals surface area contributed by atoms with E-state index < -0.39 is 0 Å². The van der Waals surface area contributed by atoms with E-state index in [1.54, 1.807) is 7.11 Å². The molecule has 1 fully saturated rings. The lowest BCUT2D eigenvalue weighted by atomic mass is 9.83. The van der Waals surface area contributed by atoms with Crippen molar-refractivity contribution in [2.24, 2.45) is 10.4 Å². The van der Waals surface area contributed by atoms with Gasteiger partial charge in [-0.1, -0.05) is 37.1 Å². The van der Waals surface area contributed by atoms with Gasteiger partial charge in [0.1, 0.15) is 0 Å². The highest BCUT2D eigenvalue weighted by atomic mass is 127. The van der Waals surface area contributed by atoms with E-state index >= 15 is 0 Å². The summed E-state index contributed by atoms with van der Waals surface area (Å²) in [7, 11) is 1.79. The molecule has 1 aromatic carbocycles. The molecule has 0 bridgehead atoms. The Labute approximate surface area is 185 Å². The lowest BCUT2D eigenvalue weighted by Gasteiger charge is -2.30. The largest absolute Gasteiger partial charge is 0.385 e. The fraction of sp³-hybridized carbons (Fsp3) is 0.545. The van der Waals surface area contributed by atoms with E-state index in [1.807, 2.05) is 12.3 Å². The number of aliphatic imine (C=N–C) groups is 1. The van der Waals surface area contributed by atoms with E-state index in [4.69, 9.17) is 9.73 Å². The first-order valence-corrected chi connectivity index (χ1v) is 10.1. The van der Waals surface area contributed by atoms with Crippen LogP contribution >= 0.6 is 24.0 Å². The van der Waals surface area contributed by atoms with Crippen molar-refractivity contribution < 1.29 is 4.74 Å². The molecule has 154 valence electrons. The van der Waals surface area contributed by atoms with Crippen LogP contribution in [-0.4, -0.2) is 37.7 Å². The molecule has 3 rings (SSSR count). The van der Waals surface area contributed by atoms with Crippen molar-refractivity contribution in [3.05, 3.63) is 42.2 Å². The van der Waals surface area contributed by atoms with Crippen molar-refractivity contribution in [3.63, 3.8) is 0 Å². The number of pyridine rings is 1.